The lowest BCUT2D eigenvalue weighted by atomic mass is 10.1. The second-order valence-corrected chi connectivity index (χ2v) is 6.38. The van der Waals surface area contributed by atoms with Crippen molar-refractivity contribution < 1.29 is 22.7 Å². The molecule has 0 saturated carbocycles. The molecule has 4 rings (SSSR count). The van der Waals surface area contributed by atoms with Crippen LogP contribution >= 0.6 is 0 Å². The van der Waals surface area contributed by atoms with E-state index < -0.39 is 17.5 Å². The number of halogens is 2. The van der Waals surface area contributed by atoms with E-state index in [4.69, 9.17) is 9.15 Å². The molecule has 7 heteroatoms. The lowest BCUT2D eigenvalue weighted by molar-refractivity contribution is 0.102. The Labute approximate surface area is 171 Å². The number of hydrogen-bond acceptors (Lipinski definition) is 4. The fraction of sp³-hybridized carbons (Fsp3) is 0.0435. The third-order valence-electron chi connectivity index (χ3n) is 4.46. The zero-order chi connectivity index (χ0) is 21.1. The Hall–Kier alpha value is -4.00. The highest BCUT2D eigenvalue weighted by molar-refractivity contribution is 6.08. The number of oxazole rings is 1. The van der Waals surface area contributed by atoms with Gasteiger partial charge in [-0.3, -0.25) is 4.79 Å². The number of amides is 1. The van der Waals surface area contributed by atoms with E-state index in [2.05, 4.69) is 10.3 Å². The monoisotopic (exact) mass is 406 g/mol. The Morgan fingerprint density at radius 2 is 1.80 bits per heavy atom. The third kappa shape index (κ3) is 3.91. The van der Waals surface area contributed by atoms with Gasteiger partial charge in [0.1, 0.15) is 17.4 Å². The SMILES string of the molecule is COc1ccc(-c2cnc(-c3ccccc3C(=O)Nc3ccc(F)cc3F)o2)cc1. The maximum absolute atomic E-state index is 13.9. The molecule has 0 aliphatic carbocycles. The molecular formula is C23H16F2N2O3. The van der Waals surface area contributed by atoms with E-state index >= 15 is 0 Å². The van der Waals surface area contributed by atoms with E-state index in [1.165, 1.54) is 0 Å². The van der Waals surface area contributed by atoms with Crippen LogP contribution in [0.2, 0.25) is 0 Å². The van der Waals surface area contributed by atoms with Gasteiger partial charge in [-0.05, 0) is 48.5 Å². The summed E-state index contributed by atoms with van der Waals surface area (Å²) in [4.78, 5) is 17.0. The van der Waals surface area contributed by atoms with Gasteiger partial charge in [0, 0.05) is 17.2 Å². The number of aromatic nitrogens is 1. The average Bonchev–Trinajstić information content (AvgIpc) is 3.26. The van der Waals surface area contributed by atoms with Crippen LogP contribution in [0.15, 0.2) is 77.3 Å². The second-order valence-electron chi connectivity index (χ2n) is 6.38. The molecule has 0 atom stereocenters. The highest BCUT2D eigenvalue weighted by atomic mass is 19.1. The summed E-state index contributed by atoms with van der Waals surface area (Å²) in [5.41, 5.74) is 1.36. The van der Waals surface area contributed by atoms with Crippen LogP contribution in [0.3, 0.4) is 0 Å². The number of carbonyl (C=O) groups is 1. The minimum Gasteiger partial charge on any atom is -0.497 e. The normalized spacial score (nSPS) is 10.6. The van der Waals surface area contributed by atoms with Gasteiger partial charge in [-0.25, -0.2) is 13.8 Å². The summed E-state index contributed by atoms with van der Waals surface area (Å²) in [6, 6.07) is 16.9. The van der Waals surface area contributed by atoms with Crippen LogP contribution in [0.25, 0.3) is 22.8 Å². The highest BCUT2D eigenvalue weighted by Crippen LogP contribution is 2.29. The van der Waals surface area contributed by atoms with Gasteiger partial charge >= 0.3 is 0 Å². The molecule has 0 aliphatic heterocycles. The molecule has 5 nitrogen and oxygen atoms in total. The molecule has 1 heterocycles. The van der Waals surface area contributed by atoms with Gasteiger partial charge in [0.05, 0.1) is 24.6 Å². The first-order valence-electron chi connectivity index (χ1n) is 9.01. The predicted molar refractivity (Wildman–Crippen MR) is 108 cm³/mol. The lowest BCUT2D eigenvalue weighted by Gasteiger charge is -2.09. The van der Waals surface area contributed by atoms with Gasteiger partial charge in [-0.1, -0.05) is 12.1 Å². The van der Waals surface area contributed by atoms with E-state index in [1.807, 2.05) is 12.1 Å². The summed E-state index contributed by atoms with van der Waals surface area (Å²) in [5.74, 6) is -0.678. The molecule has 0 spiro atoms. The van der Waals surface area contributed by atoms with Crippen molar-refractivity contribution in [3.8, 4) is 28.5 Å². The van der Waals surface area contributed by atoms with Crippen molar-refractivity contribution in [3.63, 3.8) is 0 Å². The molecule has 1 N–H and O–H groups in total. The van der Waals surface area contributed by atoms with Crippen LogP contribution < -0.4 is 10.1 Å². The van der Waals surface area contributed by atoms with Crippen molar-refractivity contribution in [3.05, 3.63) is 90.1 Å². The zero-order valence-electron chi connectivity index (χ0n) is 15.9. The molecule has 0 unspecified atom stereocenters. The number of carbonyl (C=O) groups excluding carboxylic acids is 1. The summed E-state index contributed by atoms with van der Waals surface area (Å²) in [5, 5.41) is 2.45. The smallest absolute Gasteiger partial charge is 0.256 e. The molecule has 0 bridgehead atoms. The zero-order valence-corrected chi connectivity index (χ0v) is 15.9. The maximum Gasteiger partial charge on any atom is 0.256 e. The first kappa shape index (κ1) is 19.3. The van der Waals surface area contributed by atoms with Gasteiger partial charge in [0.25, 0.3) is 5.91 Å². The summed E-state index contributed by atoms with van der Waals surface area (Å²) in [6.07, 6.45) is 1.56. The van der Waals surface area contributed by atoms with E-state index in [0.29, 0.717) is 23.1 Å². The summed E-state index contributed by atoms with van der Waals surface area (Å²) in [7, 11) is 1.58. The van der Waals surface area contributed by atoms with Crippen molar-refractivity contribution in [2.24, 2.45) is 0 Å². The number of methoxy groups -OCH3 is 1. The molecular weight excluding hydrogens is 390 g/mol. The van der Waals surface area contributed by atoms with Crippen molar-refractivity contribution in [1.29, 1.82) is 0 Å². The van der Waals surface area contributed by atoms with Crippen LogP contribution in [0.4, 0.5) is 14.5 Å². The molecule has 4 aromatic rings. The van der Waals surface area contributed by atoms with Gasteiger partial charge in [-0.2, -0.15) is 0 Å². The Morgan fingerprint density at radius 3 is 2.53 bits per heavy atom. The van der Waals surface area contributed by atoms with Crippen LogP contribution in [-0.4, -0.2) is 18.0 Å². The molecule has 0 fully saturated rings. The number of nitrogens with one attached hydrogen (secondary N) is 1. The van der Waals surface area contributed by atoms with E-state index in [1.54, 1.807) is 49.7 Å². The van der Waals surface area contributed by atoms with Crippen LogP contribution in [-0.2, 0) is 0 Å². The quantitative estimate of drug-likeness (QED) is 0.472. The van der Waals surface area contributed by atoms with Gasteiger partial charge in [0.2, 0.25) is 5.89 Å². The Balaban J connectivity index is 1.63. The standard InChI is InChI=1S/C23H16F2N2O3/c1-29-16-9-6-14(7-10-16)21-13-26-23(30-21)18-5-3-2-4-17(18)22(28)27-20-11-8-15(24)12-19(20)25/h2-13H,1H3,(H,27,28). The molecule has 30 heavy (non-hydrogen) atoms. The van der Waals surface area contributed by atoms with Crippen molar-refractivity contribution >= 4 is 11.6 Å². The van der Waals surface area contributed by atoms with Crippen molar-refractivity contribution in [2.75, 3.05) is 12.4 Å². The van der Waals surface area contributed by atoms with E-state index in [0.717, 1.165) is 17.7 Å². The largest absolute Gasteiger partial charge is 0.497 e. The Kier molecular flexibility index (Phi) is 5.26. The minimum atomic E-state index is -0.862. The number of nitrogens with zero attached hydrogens (tertiary/aromatic N) is 1. The number of benzene rings is 3. The Morgan fingerprint density at radius 1 is 1.03 bits per heavy atom. The van der Waals surface area contributed by atoms with Gasteiger partial charge in [0.15, 0.2) is 5.76 Å². The fourth-order valence-corrected chi connectivity index (χ4v) is 2.94. The second kappa shape index (κ2) is 8.16. The van der Waals surface area contributed by atoms with E-state index in [9.17, 15) is 13.6 Å². The van der Waals surface area contributed by atoms with Gasteiger partial charge in [-0.15, -0.1) is 0 Å². The van der Waals surface area contributed by atoms with Gasteiger partial charge < -0.3 is 14.5 Å². The molecule has 0 radical (unpaired) electrons. The van der Waals surface area contributed by atoms with Crippen molar-refractivity contribution in [1.82, 2.24) is 4.98 Å². The first-order valence-corrected chi connectivity index (χ1v) is 9.01. The number of rotatable bonds is 5. The average molecular weight is 406 g/mol. The lowest BCUT2D eigenvalue weighted by Crippen LogP contribution is -2.14. The Bertz CT molecular complexity index is 1200. The third-order valence-corrected chi connectivity index (χ3v) is 4.46. The first-order chi connectivity index (χ1) is 14.5. The topological polar surface area (TPSA) is 64.4 Å². The van der Waals surface area contributed by atoms with E-state index in [-0.39, 0.29) is 17.1 Å². The molecule has 0 saturated heterocycles. The number of ether oxygens (including phenoxy) is 1. The summed E-state index contributed by atoms with van der Waals surface area (Å²) < 4.78 is 38.0. The summed E-state index contributed by atoms with van der Waals surface area (Å²) in [6.45, 7) is 0. The highest BCUT2D eigenvalue weighted by Gasteiger charge is 2.18. The fourth-order valence-electron chi connectivity index (χ4n) is 2.94. The molecule has 3 aromatic carbocycles. The summed E-state index contributed by atoms with van der Waals surface area (Å²) >= 11 is 0. The van der Waals surface area contributed by atoms with Crippen LogP contribution in [0.5, 0.6) is 5.75 Å². The van der Waals surface area contributed by atoms with Crippen molar-refractivity contribution in [2.45, 2.75) is 0 Å². The molecule has 0 aliphatic rings. The van der Waals surface area contributed by atoms with Crippen LogP contribution in [0.1, 0.15) is 10.4 Å². The number of anilines is 1. The number of hydrogen-bond donors (Lipinski definition) is 1. The molecule has 1 amide bonds. The molecule has 150 valence electrons. The minimum absolute atomic E-state index is 0.123. The van der Waals surface area contributed by atoms with Crippen LogP contribution in [0, 0.1) is 11.6 Å². The molecule has 1 aromatic heterocycles. The predicted octanol–water partition coefficient (Wildman–Crippen LogP) is 5.55. The maximum atomic E-state index is 13.9.